The quantitative estimate of drug-likeness (QED) is 0.758. The van der Waals surface area contributed by atoms with Crippen LogP contribution in [0, 0.1) is 6.92 Å². The number of aromatic nitrogens is 2. The lowest BCUT2D eigenvalue weighted by Crippen LogP contribution is -2.20. The molecule has 1 heterocycles. The van der Waals surface area contributed by atoms with E-state index in [4.69, 9.17) is 0 Å². The van der Waals surface area contributed by atoms with Crippen molar-refractivity contribution >= 4 is 22.4 Å². The highest BCUT2D eigenvalue weighted by molar-refractivity contribution is 7.84. The van der Waals surface area contributed by atoms with Crippen LogP contribution >= 0.6 is 0 Å². The van der Waals surface area contributed by atoms with E-state index in [9.17, 15) is 4.21 Å². The van der Waals surface area contributed by atoms with E-state index < -0.39 is 10.8 Å². The van der Waals surface area contributed by atoms with E-state index in [2.05, 4.69) is 48.3 Å². The van der Waals surface area contributed by atoms with E-state index in [0.717, 1.165) is 42.5 Å². The molecule has 2 N–H and O–H groups in total. The van der Waals surface area contributed by atoms with E-state index in [1.165, 1.54) is 0 Å². The summed E-state index contributed by atoms with van der Waals surface area (Å²) in [6, 6.07) is 0. The van der Waals surface area contributed by atoms with Crippen molar-refractivity contribution in [2.75, 3.05) is 35.7 Å². The summed E-state index contributed by atoms with van der Waals surface area (Å²) in [6.07, 6.45) is 2.60. The lowest BCUT2D eigenvalue weighted by Gasteiger charge is -2.21. The fourth-order valence-corrected chi connectivity index (χ4v) is 2.40. The van der Waals surface area contributed by atoms with E-state index in [-0.39, 0.29) is 5.41 Å². The molecule has 0 aliphatic rings. The van der Waals surface area contributed by atoms with Crippen LogP contribution in [-0.2, 0) is 16.2 Å². The first kappa shape index (κ1) is 17.9. The fourth-order valence-electron chi connectivity index (χ4n) is 1.85. The Labute approximate surface area is 130 Å². The van der Waals surface area contributed by atoms with Crippen molar-refractivity contribution < 1.29 is 4.21 Å². The second-order valence-corrected chi connectivity index (χ2v) is 7.76. The largest absolute Gasteiger partial charge is 0.370 e. The maximum absolute atomic E-state index is 11.1. The van der Waals surface area contributed by atoms with Gasteiger partial charge in [-0.3, -0.25) is 4.21 Å². The minimum Gasteiger partial charge on any atom is -0.370 e. The Morgan fingerprint density at radius 2 is 1.71 bits per heavy atom. The minimum absolute atomic E-state index is 0.0980. The van der Waals surface area contributed by atoms with Crippen LogP contribution in [0.15, 0.2) is 0 Å². The van der Waals surface area contributed by atoms with Gasteiger partial charge >= 0.3 is 0 Å². The second-order valence-electron chi connectivity index (χ2n) is 6.21. The summed E-state index contributed by atoms with van der Waals surface area (Å²) in [5.41, 5.74) is 0.932. The predicted octanol–water partition coefficient (Wildman–Crippen LogP) is 2.69. The predicted molar refractivity (Wildman–Crippen MR) is 91.7 cm³/mol. The van der Waals surface area contributed by atoms with Gasteiger partial charge in [0.2, 0.25) is 0 Å². The first-order chi connectivity index (χ1) is 9.75. The molecule has 1 aromatic heterocycles. The minimum atomic E-state index is -0.740. The summed E-state index contributed by atoms with van der Waals surface area (Å²) in [5, 5.41) is 6.65. The lowest BCUT2D eigenvalue weighted by molar-refractivity contribution is 0.546. The standard InChI is InChI=1S/C15H28N4OS/c1-7-16-12-11(2)13(17-9-8-10-21(6)20)19-14(18-12)15(3,4)5/h7-10H2,1-6H3,(H2,16,17,18,19). The van der Waals surface area contributed by atoms with E-state index >= 15 is 0 Å². The zero-order valence-corrected chi connectivity index (χ0v) is 14.9. The van der Waals surface area contributed by atoms with Gasteiger partial charge in [-0.2, -0.15) is 0 Å². The van der Waals surface area contributed by atoms with Gasteiger partial charge in [-0.25, -0.2) is 9.97 Å². The van der Waals surface area contributed by atoms with Gasteiger partial charge in [0.25, 0.3) is 0 Å². The molecule has 0 aliphatic carbocycles. The van der Waals surface area contributed by atoms with Gasteiger partial charge in [0, 0.05) is 46.9 Å². The Hall–Kier alpha value is -1.17. The molecule has 1 rings (SSSR count). The van der Waals surface area contributed by atoms with Gasteiger partial charge in [0.15, 0.2) is 0 Å². The Balaban J connectivity index is 2.95. The topological polar surface area (TPSA) is 66.9 Å². The smallest absolute Gasteiger partial charge is 0.138 e. The number of nitrogens with one attached hydrogen (secondary N) is 2. The molecule has 0 spiro atoms. The Bertz CT molecular complexity index is 497. The van der Waals surface area contributed by atoms with Gasteiger partial charge in [-0.15, -0.1) is 0 Å². The van der Waals surface area contributed by atoms with Crippen molar-refractivity contribution in [1.29, 1.82) is 0 Å². The van der Waals surface area contributed by atoms with Crippen molar-refractivity contribution in [2.45, 2.75) is 46.5 Å². The average Bonchev–Trinajstić information content (AvgIpc) is 2.37. The van der Waals surface area contributed by atoms with Crippen molar-refractivity contribution in [3.63, 3.8) is 0 Å². The zero-order valence-electron chi connectivity index (χ0n) is 14.0. The molecule has 0 bridgehead atoms. The van der Waals surface area contributed by atoms with Crippen molar-refractivity contribution in [3.8, 4) is 0 Å². The molecule has 0 amide bonds. The van der Waals surface area contributed by atoms with Crippen molar-refractivity contribution in [2.24, 2.45) is 0 Å². The summed E-state index contributed by atoms with van der Waals surface area (Å²) < 4.78 is 11.1. The van der Waals surface area contributed by atoms with Crippen LogP contribution in [-0.4, -0.2) is 39.3 Å². The highest BCUT2D eigenvalue weighted by Crippen LogP contribution is 2.26. The molecule has 0 saturated carbocycles. The normalized spacial score (nSPS) is 13.0. The molecule has 6 heteroatoms. The zero-order chi connectivity index (χ0) is 16.0. The molecule has 0 aliphatic heterocycles. The molecule has 0 aromatic carbocycles. The Morgan fingerprint density at radius 1 is 1.14 bits per heavy atom. The molecule has 21 heavy (non-hydrogen) atoms. The first-order valence-corrected chi connectivity index (χ1v) is 9.15. The highest BCUT2D eigenvalue weighted by atomic mass is 32.2. The lowest BCUT2D eigenvalue weighted by atomic mass is 9.95. The molecular formula is C15H28N4OS. The molecule has 0 fully saturated rings. The third kappa shape index (κ3) is 5.61. The number of nitrogens with zero attached hydrogens (tertiary/aromatic N) is 2. The van der Waals surface area contributed by atoms with Gasteiger partial charge < -0.3 is 10.6 Å². The van der Waals surface area contributed by atoms with Crippen LogP contribution in [0.3, 0.4) is 0 Å². The van der Waals surface area contributed by atoms with Crippen molar-refractivity contribution in [3.05, 3.63) is 11.4 Å². The summed E-state index contributed by atoms with van der Waals surface area (Å²) >= 11 is 0. The number of hydrogen-bond acceptors (Lipinski definition) is 5. The molecule has 120 valence electrons. The van der Waals surface area contributed by atoms with E-state index in [1.807, 2.05) is 6.92 Å². The van der Waals surface area contributed by atoms with Crippen LogP contribution in [0.1, 0.15) is 45.5 Å². The highest BCUT2D eigenvalue weighted by Gasteiger charge is 2.20. The van der Waals surface area contributed by atoms with Crippen LogP contribution in [0.5, 0.6) is 0 Å². The van der Waals surface area contributed by atoms with Gasteiger partial charge in [0.1, 0.15) is 17.5 Å². The second kappa shape index (κ2) is 7.73. The van der Waals surface area contributed by atoms with Crippen LogP contribution in [0.2, 0.25) is 0 Å². The molecule has 5 nitrogen and oxygen atoms in total. The van der Waals surface area contributed by atoms with Crippen LogP contribution in [0.4, 0.5) is 11.6 Å². The molecule has 1 atom stereocenters. The van der Waals surface area contributed by atoms with Crippen LogP contribution in [0.25, 0.3) is 0 Å². The summed E-state index contributed by atoms with van der Waals surface area (Å²) in [6.45, 7) is 12.0. The number of anilines is 2. The molecule has 0 saturated heterocycles. The third-order valence-corrected chi connectivity index (χ3v) is 3.93. The van der Waals surface area contributed by atoms with Gasteiger partial charge in [-0.1, -0.05) is 20.8 Å². The number of rotatable bonds is 7. The maximum Gasteiger partial charge on any atom is 0.138 e. The van der Waals surface area contributed by atoms with Crippen LogP contribution < -0.4 is 10.6 Å². The Morgan fingerprint density at radius 3 is 2.19 bits per heavy atom. The molecule has 1 aromatic rings. The molecular weight excluding hydrogens is 284 g/mol. The molecule has 0 radical (unpaired) electrons. The maximum atomic E-state index is 11.1. The van der Waals surface area contributed by atoms with Gasteiger partial charge in [0.05, 0.1) is 0 Å². The van der Waals surface area contributed by atoms with E-state index in [0.29, 0.717) is 5.75 Å². The van der Waals surface area contributed by atoms with Gasteiger partial charge in [-0.05, 0) is 20.3 Å². The summed E-state index contributed by atoms with van der Waals surface area (Å²) in [4.78, 5) is 9.30. The van der Waals surface area contributed by atoms with E-state index in [1.54, 1.807) is 6.26 Å². The molecule has 1 unspecified atom stereocenters. The average molecular weight is 312 g/mol. The first-order valence-electron chi connectivity index (χ1n) is 7.42. The third-order valence-electron chi connectivity index (χ3n) is 3.06. The Kier molecular flexibility index (Phi) is 6.58. The monoisotopic (exact) mass is 312 g/mol. The fraction of sp³-hybridized carbons (Fsp3) is 0.733. The number of hydrogen-bond donors (Lipinski definition) is 2. The van der Waals surface area contributed by atoms with Crippen molar-refractivity contribution in [1.82, 2.24) is 9.97 Å². The SMILES string of the molecule is CCNc1nc(C(C)(C)C)nc(NCCCS(C)=O)c1C. The summed E-state index contributed by atoms with van der Waals surface area (Å²) in [7, 11) is -0.740. The summed E-state index contributed by atoms with van der Waals surface area (Å²) in [5.74, 6) is 3.29.